The molecule has 34 heavy (non-hydrogen) atoms. The van der Waals surface area contributed by atoms with Gasteiger partial charge in [0, 0.05) is 46.0 Å². The Morgan fingerprint density at radius 1 is 1.00 bits per heavy atom. The van der Waals surface area contributed by atoms with Gasteiger partial charge in [0.05, 0.1) is 30.2 Å². The van der Waals surface area contributed by atoms with Crippen LogP contribution in [-0.4, -0.2) is 16.1 Å². The minimum atomic E-state index is 0.678. The average molecular weight is 484 g/mol. The van der Waals surface area contributed by atoms with Crippen LogP contribution in [0, 0.1) is 11.3 Å². The van der Waals surface area contributed by atoms with Gasteiger partial charge >= 0.3 is 0 Å². The second-order valence-corrected chi connectivity index (χ2v) is 10.3. The van der Waals surface area contributed by atoms with Gasteiger partial charge in [0.2, 0.25) is 0 Å². The maximum atomic E-state index is 8.98. The number of thiophene rings is 2. The molecule has 0 unspecified atom stereocenters. The number of fused-ring (bicyclic) bond motifs is 1. The number of imidazole rings is 1. The smallest absolute Gasteiger partial charge is 0.0991 e. The van der Waals surface area contributed by atoms with Crippen molar-refractivity contribution in [1.29, 1.82) is 5.26 Å². The van der Waals surface area contributed by atoms with Gasteiger partial charge in [0.15, 0.2) is 0 Å². The highest BCUT2D eigenvalue weighted by atomic mass is 32.1. The van der Waals surface area contributed by atoms with Gasteiger partial charge in [0.1, 0.15) is 0 Å². The number of nitrogens with zero attached hydrogens (tertiary/aromatic N) is 3. The summed E-state index contributed by atoms with van der Waals surface area (Å²) in [6.07, 6.45) is 4.84. The van der Waals surface area contributed by atoms with Crippen molar-refractivity contribution >= 4 is 38.4 Å². The lowest BCUT2D eigenvalue weighted by Crippen LogP contribution is -2.15. The van der Waals surface area contributed by atoms with Crippen molar-refractivity contribution in [3.8, 4) is 6.07 Å². The van der Waals surface area contributed by atoms with Crippen molar-refractivity contribution in [2.45, 2.75) is 26.1 Å². The van der Waals surface area contributed by atoms with E-state index in [-0.39, 0.29) is 0 Å². The summed E-state index contributed by atoms with van der Waals surface area (Å²) in [6, 6.07) is 23.0. The lowest BCUT2D eigenvalue weighted by molar-refractivity contribution is 0.698. The fraction of sp³-hybridized carbons (Fsp3) is 0.185. The van der Waals surface area contributed by atoms with Gasteiger partial charge in [0.25, 0.3) is 0 Å². The predicted octanol–water partition coefficient (Wildman–Crippen LogP) is 6.02. The molecule has 3 heterocycles. The molecule has 0 amide bonds. The normalized spacial score (nSPS) is 11.0. The summed E-state index contributed by atoms with van der Waals surface area (Å²) in [5, 5.41) is 19.5. The highest BCUT2D eigenvalue weighted by Gasteiger charge is 2.06. The van der Waals surface area contributed by atoms with Crippen molar-refractivity contribution in [1.82, 2.24) is 14.9 Å². The van der Waals surface area contributed by atoms with Gasteiger partial charge in [-0.3, -0.25) is 0 Å². The van der Waals surface area contributed by atoms with Crippen LogP contribution in [-0.2, 0) is 26.1 Å². The molecule has 3 aromatic heterocycles. The van der Waals surface area contributed by atoms with E-state index in [0.717, 1.165) is 43.0 Å². The minimum absolute atomic E-state index is 0.678. The number of rotatable bonds is 10. The van der Waals surface area contributed by atoms with Gasteiger partial charge < -0.3 is 15.2 Å². The third-order valence-electron chi connectivity index (χ3n) is 5.70. The topological polar surface area (TPSA) is 65.7 Å². The van der Waals surface area contributed by atoms with Gasteiger partial charge in [-0.2, -0.15) is 5.26 Å². The minimum Gasteiger partial charge on any atom is -0.379 e. The Hall–Kier alpha value is -3.44. The molecule has 0 aliphatic rings. The summed E-state index contributed by atoms with van der Waals surface area (Å²) in [4.78, 5) is 7.12. The fourth-order valence-corrected chi connectivity index (χ4v) is 5.61. The van der Waals surface area contributed by atoms with E-state index >= 15 is 0 Å². The van der Waals surface area contributed by atoms with Crippen LogP contribution >= 0.6 is 22.7 Å². The van der Waals surface area contributed by atoms with E-state index in [1.807, 2.05) is 59.5 Å². The summed E-state index contributed by atoms with van der Waals surface area (Å²) in [5.41, 5.74) is 4.05. The molecule has 0 fully saturated rings. The largest absolute Gasteiger partial charge is 0.379 e. The first-order chi connectivity index (χ1) is 16.8. The van der Waals surface area contributed by atoms with Crippen molar-refractivity contribution in [3.63, 3.8) is 0 Å². The number of benzene rings is 2. The van der Waals surface area contributed by atoms with E-state index in [1.54, 1.807) is 0 Å². The molecule has 5 nitrogen and oxygen atoms in total. The molecule has 0 aliphatic carbocycles. The summed E-state index contributed by atoms with van der Waals surface area (Å²) >= 11 is 3.67. The SMILES string of the molecule is N#Cc1ccc(Cn2cncc2CNc2ccc3sc(CNCCc4cccs4)cc3c2)cc1. The van der Waals surface area contributed by atoms with Crippen LogP contribution in [0.15, 0.2) is 78.6 Å². The van der Waals surface area contributed by atoms with Crippen LogP contribution < -0.4 is 10.6 Å². The Morgan fingerprint density at radius 3 is 2.74 bits per heavy atom. The molecule has 5 aromatic rings. The number of anilines is 1. The molecule has 170 valence electrons. The number of hydrogen-bond acceptors (Lipinski definition) is 6. The molecular formula is C27H25N5S2. The van der Waals surface area contributed by atoms with Crippen LogP contribution in [0.2, 0.25) is 0 Å². The average Bonchev–Trinajstić information content (AvgIpc) is 3.62. The lowest BCUT2D eigenvalue weighted by atomic mass is 10.1. The first kappa shape index (κ1) is 22.4. The number of hydrogen-bond donors (Lipinski definition) is 2. The quantitative estimate of drug-likeness (QED) is 0.238. The Labute approximate surface area is 207 Å². The van der Waals surface area contributed by atoms with Crippen molar-refractivity contribution in [3.05, 3.63) is 105 Å². The lowest BCUT2D eigenvalue weighted by Gasteiger charge is -2.10. The first-order valence-corrected chi connectivity index (χ1v) is 12.9. The van der Waals surface area contributed by atoms with E-state index in [1.165, 1.54) is 19.8 Å². The monoisotopic (exact) mass is 483 g/mol. The third-order valence-corrected chi connectivity index (χ3v) is 7.76. The highest BCUT2D eigenvalue weighted by Crippen LogP contribution is 2.28. The second-order valence-electron chi connectivity index (χ2n) is 8.15. The van der Waals surface area contributed by atoms with Gasteiger partial charge in [-0.15, -0.1) is 22.7 Å². The third kappa shape index (κ3) is 5.54. The molecular weight excluding hydrogens is 458 g/mol. The molecule has 2 N–H and O–H groups in total. The Morgan fingerprint density at radius 2 is 1.91 bits per heavy atom. The number of nitriles is 1. The Bertz CT molecular complexity index is 1390. The van der Waals surface area contributed by atoms with Gasteiger partial charge in [-0.25, -0.2) is 4.98 Å². The maximum Gasteiger partial charge on any atom is 0.0991 e. The zero-order valence-corrected chi connectivity index (χ0v) is 20.3. The van der Waals surface area contributed by atoms with E-state index in [4.69, 9.17) is 5.26 Å². The van der Waals surface area contributed by atoms with Crippen molar-refractivity contribution < 1.29 is 0 Å². The molecule has 2 aromatic carbocycles. The van der Waals surface area contributed by atoms with E-state index in [9.17, 15) is 0 Å². The van der Waals surface area contributed by atoms with Crippen molar-refractivity contribution in [2.75, 3.05) is 11.9 Å². The molecule has 0 spiro atoms. The van der Waals surface area contributed by atoms with Crippen molar-refractivity contribution in [2.24, 2.45) is 0 Å². The van der Waals surface area contributed by atoms with Crippen LogP contribution in [0.3, 0.4) is 0 Å². The van der Waals surface area contributed by atoms with E-state index in [0.29, 0.717) is 12.1 Å². The molecule has 5 rings (SSSR count). The molecule has 0 aliphatic heterocycles. The van der Waals surface area contributed by atoms with E-state index < -0.39 is 0 Å². The number of aromatic nitrogens is 2. The molecule has 0 saturated heterocycles. The molecule has 0 saturated carbocycles. The van der Waals surface area contributed by atoms with Crippen LogP contribution in [0.5, 0.6) is 0 Å². The Balaban J connectivity index is 1.17. The second kappa shape index (κ2) is 10.7. The molecule has 7 heteroatoms. The summed E-state index contributed by atoms with van der Waals surface area (Å²) in [6.45, 7) is 3.33. The molecule has 0 radical (unpaired) electrons. The zero-order valence-electron chi connectivity index (χ0n) is 18.7. The Kier molecular flexibility index (Phi) is 7.01. The zero-order chi connectivity index (χ0) is 23.2. The van der Waals surface area contributed by atoms with Crippen LogP contribution in [0.1, 0.15) is 26.6 Å². The summed E-state index contributed by atoms with van der Waals surface area (Å²) in [7, 11) is 0. The first-order valence-electron chi connectivity index (χ1n) is 11.2. The highest BCUT2D eigenvalue weighted by molar-refractivity contribution is 7.19. The molecule has 0 bridgehead atoms. The summed E-state index contributed by atoms with van der Waals surface area (Å²) in [5.74, 6) is 0. The maximum absolute atomic E-state index is 8.98. The molecule has 0 atom stereocenters. The van der Waals surface area contributed by atoms with Crippen LogP contribution in [0.4, 0.5) is 5.69 Å². The summed E-state index contributed by atoms with van der Waals surface area (Å²) < 4.78 is 3.45. The predicted molar refractivity (Wildman–Crippen MR) is 141 cm³/mol. The van der Waals surface area contributed by atoms with E-state index in [2.05, 4.69) is 68.0 Å². The number of nitrogens with one attached hydrogen (secondary N) is 2. The van der Waals surface area contributed by atoms with Crippen LogP contribution in [0.25, 0.3) is 10.1 Å². The van der Waals surface area contributed by atoms with Gasteiger partial charge in [-0.1, -0.05) is 18.2 Å². The standard InChI is InChI=1S/C27H25N5S2/c28-14-20-3-5-21(6-4-20)18-32-19-30-15-24(32)16-31-23-7-8-27-22(12-23)13-26(34-27)17-29-10-9-25-2-1-11-33-25/h1-8,11-13,15,19,29,31H,9-10,16-18H2. The van der Waals surface area contributed by atoms with Gasteiger partial charge in [-0.05, 0) is 65.2 Å². The fourth-order valence-electron chi connectivity index (χ4n) is 3.89.